The highest BCUT2D eigenvalue weighted by Gasteiger charge is 2.32. The Morgan fingerprint density at radius 1 is 0.939 bits per heavy atom. The van der Waals surface area contributed by atoms with E-state index in [2.05, 4.69) is 5.32 Å². The fourth-order valence-corrected chi connectivity index (χ4v) is 4.12. The van der Waals surface area contributed by atoms with Crippen molar-refractivity contribution in [1.82, 2.24) is 5.32 Å². The topological polar surface area (TPSA) is 75.7 Å². The summed E-state index contributed by atoms with van der Waals surface area (Å²) in [4.78, 5) is 40.2. The number of anilines is 1. The Hall–Kier alpha value is -3.93. The third-order valence-electron chi connectivity index (χ3n) is 5.72. The van der Waals surface area contributed by atoms with E-state index >= 15 is 0 Å². The van der Waals surface area contributed by atoms with Crippen LogP contribution >= 0.6 is 0 Å². The number of benzene rings is 3. The second-order valence-electron chi connectivity index (χ2n) is 8.14. The number of para-hydroxylation sites is 1. The minimum absolute atomic E-state index is 0.00787. The molecule has 3 aromatic rings. The molecule has 2 atom stereocenters. The minimum Gasteiger partial charge on any atom is -0.454 e. The summed E-state index contributed by atoms with van der Waals surface area (Å²) >= 11 is 0. The van der Waals surface area contributed by atoms with E-state index in [1.54, 1.807) is 29.2 Å². The molecule has 6 nitrogen and oxygen atoms in total. The molecule has 0 bridgehead atoms. The summed E-state index contributed by atoms with van der Waals surface area (Å²) in [7, 11) is 0. The van der Waals surface area contributed by atoms with E-state index < -0.39 is 12.0 Å². The molecule has 33 heavy (non-hydrogen) atoms. The number of carbonyl (C=O) groups is 3. The molecule has 1 N–H and O–H groups in total. The van der Waals surface area contributed by atoms with Gasteiger partial charge in [0.15, 0.2) is 6.61 Å². The van der Waals surface area contributed by atoms with Crippen LogP contribution in [0.15, 0.2) is 84.9 Å². The van der Waals surface area contributed by atoms with Gasteiger partial charge in [0.25, 0.3) is 11.8 Å². The number of rotatable bonds is 7. The highest BCUT2D eigenvalue weighted by atomic mass is 16.5. The number of amides is 2. The summed E-state index contributed by atoms with van der Waals surface area (Å²) in [6, 6.07) is 24.9. The minimum atomic E-state index is -0.920. The quantitative estimate of drug-likeness (QED) is 0.568. The normalized spacial score (nSPS) is 15.4. The van der Waals surface area contributed by atoms with Crippen molar-refractivity contribution in [3.8, 4) is 0 Å². The maximum atomic E-state index is 13.0. The summed E-state index contributed by atoms with van der Waals surface area (Å²) in [6.07, 6.45) is 1.02. The summed E-state index contributed by atoms with van der Waals surface area (Å²) in [5.41, 5.74) is 3.27. The van der Waals surface area contributed by atoms with Gasteiger partial charge in [-0.3, -0.25) is 9.59 Å². The molecule has 1 heterocycles. The SMILES string of the molecule is C[C@H]1Cc2ccccc2N1C(=O)COC(=O)[C@@H](Cc1ccccc1)NC(=O)c1ccccc1. The van der Waals surface area contributed by atoms with E-state index in [9.17, 15) is 14.4 Å². The molecule has 2 amide bonds. The molecule has 1 aliphatic rings. The maximum Gasteiger partial charge on any atom is 0.329 e. The van der Waals surface area contributed by atoms with Crippen LogP contribution in [0.5, 0.6) is 0 Å². The number of ether oxygens (including phenoxy) is 1. The zero-order valence-electron chi connectivity index (χ0n) is 18.4. The van der Waals surface area contributed by atoms with Gasteiger partial charge in [-0.2, -0.15) is 0 Å². The van der Waals surface area contributed by atoms with E-state index in [1.165, 1.54) is 0 Å². The number of fused-ring (bicyclic) bond motifs is 1. The van der Waals surface area contributed by atoms with Crippen LogP contribution in [0.4, 0.5) is 5.69 Å². The van der Waals surface area contributed by atoms with Crippen molar-refractivity contribution in [2.24, 2.45) is 0 Å². The monoisotopic (exact) mass is 442 g/mol. The van der Waals surface area contributed by atoms with E-state index in [0.717, 1.165) is 23.2 Å². The number of hydrogen-bond donors (Lipinski definition) is 1. The lowest BCUT2D eigenvalue weighted by atomic mass is 10.1. The molecule has 6 heteroatoms. The average molecular weight is 443 g/mol. The van der Waals surface area contributed by atoms with Gasteiger partial charge in [-0.25, -0.2) is 4.79 Å². The average Bonchev–Trinajstić information content (AvgIpc) is 3.18. The van der Waals surface area contributed by atoms with Crippen molar-refractivity contribution in [2.45, 2.75) is 31.8 Å². The van der Waals surface area contributed by atoms with Gasteiger partial charge in [-0.15, -0.1) is 0 Å². The molecule has 1 aliphatic heterocycles. The summed E-state index contributed by atoms with van der Waals surface area (Å²) in [5.74, 6) is -1.30. The van der Waals surface area contributed by atoms with Crippen molar-refractivity contribution in [3.63, 3.8) is 0 Å². The lowest BCUT2D eigenvalue weighted by molar-refractivity contribution is -0.149. The van der Waals surface area contributed by atoms with Crippen molar-refractivity contribution < 1.29 is 19.1 Å². The lowest BCUT2D eigenvalue weighted by Crippen LogP contribution is -2.45. The van der Waals surface area contributed by atoms with E-state index in [-0.39, 0.29) is 30.9 Å². The Morgan fingerprint density at radius 2 is 1.58 bits per heavy atom. The van der Waals surface area contributed by atoms with Crippen LogP contribution in [0.25, 0.3) is 0 Å². The van der Waals surface area contributed by atoms with E-state index in [0.29, 0.717) is 5.56 Å². The van der Waals surface area contributed by atoms with Gasteiger partial charge in [-0.05, 0) is 42.7 Å². The molecule has 0 fully saturated rings. The van der Waals surface area contributed by atoms with Gasteiger partial charge in [0.2, 0.25) is 0 Å². The summed E-state index contributed by atoms with van der Waals surface area (Å²) in [5, 5.41) is 2.76. The van der Waals surface area contributed by atoms with Crippen LogP contribution in [0.1, 0.15) is 28.4 Å². The fourth-order valence-electron chi connectivity index (χ4n) is 4.12. The first-order valence-corrected chi connectivity index (χ1v) is 11.0. The number of nitrogens with one attached hydrogen (secondary N) is 1. The largest absolute Gasteiger partial charge is 0.454 e. The highest BCUT2D eigenvalue weighted by Crippen LogP contribution is 2.31. The third kappa shape index (κ3) is 5.29. The molecule has 4 rings (SSSR count). The van der Waals surface area contributed by atoms with Crippen molar-refractivity contribution >= 4 is 23.5 Å². The maximum absolute atomic E-state index is 13.0. The molecule has 0 saturated heterocycles. The molecular weight excluding hydrogens is 416 g/mol. The Kier molecular flexibility index (Phi) is 6.83. The summed E-state index contributed by atoms with van der Waals surface area (Å²) in [6.45, 7) is 1.59. The number of esters is 1. The Morgan fingerprint density at radius 3 is 2.30 bits per heavy atom. The molecule has 0 saturated carbocycles. The number of nitrogens with zero attached hydrogens (tertiary/aromatic N) is 1. The van der Waals surface area contributed by atoms with Gasteiger partial charge in [0, 0.05) is 23.7 Å². The Bertz CT molecular complexity index is 1130. The van der Waals surface area contributed by atoms with Crippen LogP contribution in [0.3, 0.4) is 0 Å². The zero-order chi connectivity index (χ0) is 23.2. The highest BCUT2D eigenvalue weighted by molar-refractivity contribution is 5.99. The fraction of sp³-hybridized carbons (Fsp3) is 0.222. The zero-order valence-corrected chi connectivity index (χ0v) is 18.4. The molecule has 0 radical (unpaired) electrons. The second-order valence-corrected chi connectivity index (χ2v) is 8.14. The Labute approximate surface area is 193 Å². The molecule has 0 aliphatic carbocycles. The second kappa shape index (κ2) is 10.1. The van der Waals surface area contributed by atoms with Crippen molar-refractivity contribution in [3.05, 3.63) is 102 Å². The third-order valence-corrected chi connectivity index (χ3v) is 5.72. The van der Waals surface area contributed by atoms with Gasteiger partial charge in [0.05, 0.1) is 0 Å². The van der Waals surface area contributed by atoms with Gasteiger partial charge in [-0.1, -0.05) is 66.7 Å². The first-order chi connectivity index (χ1) is 16.0. The molecule has 0 spiro atoms. The molecular formula is C27H26N2O4. The molecule has 0 aromatic heterocycles. The number of carbonyl (C=O) groups excluding carboxylic acids is 3. The number of hydrogen-bond acceptors (Lipinski definition) is 4. The van der Waals surface area contributed by atoms with Gasteiger partial charge < -0.3 is 15.0 Å². The van der Waals surface area contributed by atoms with Gasteiger partial charge >= 0.3 is 5.97 Å². The van der Waals surface area contributed by atoms with Crippen molar-refractivity contribution in [1.29, 1.82) is 0 Å². The van der Waals surface area contributed by atoms with Crippen LogP contribution in [-0.4, -0.2) is 36.5 Å². The predicted octanol–water partition coefficient (Wildman–Crippen LogP) is 3.55. The van der Waals surface area contributed by atoms with Crippen LogP contribution < -0.4 is 10.2 Å². The molecule has 168 valence electrons. The first-order valence-electron chi connectivity index (χ1n) is 11.0. The van der Waals surface area contributed by atoms with E-state index in [1.807, 2.05) is 67.6 Å². The van der Waals surface area contributed by atoms with Crippen molar-refractivity contribution in [2.75, 3.05) is 11.5 Å². The first kappa shape index (κ1) is 22.3. The van der Waals surface area contributed by atoms with Gasteiger partial charge in [0.1, 0.15) is 6.04 Å². The van der Waals surface area contributed by atoms with Crippen LogP contribution in [0, 0.1) is 0 Å². The summed E-state index contributed by atoms with van der Waals surface area (Å²) < 4.78 is 5.41. The standard InChI is InChI=1S/C27H26N2O4/c1-19-16-22-14-8-9-15-24(22)29(19)25(30)18-33-27(32)23(17-20-10-4-2-5-11-20)28-26(31)21-12-6-3-7-13-21/h2-15,19,23H,16-18H2,1H3,(H,28,31)/t19-,23+/m0/s1. The molecule has 3 aromatic carbocycles. The van der Waals surface area contributed by atoms with E-state index in [4.69, 9.17) is 4.74 Å². The predicted molar refractivity (Wildman–Crippen MR) is 126 cm³/mol. The van der Waals surface area contributed by atoms with Crippen LogP contribution in [0.2, 0.25) is 0 Å². The Balaban J connectivity index is 1.44. The molecule has 0 unspecified atom stereocenters. The lowest BCUT2D eigenvalue weighted by Gasteiger charge is -2.23. The van der Waals surface area contributed by atoms with Crippen LogP contribution in [-0.2, 0) is 27.2 Å². The smallest absolute Gasteiger partial charge is 0.329 e.